The fourth-order valence-corrected chi connectivity index (χ4v) is 8.26. The molecule has 0 saturated carbocycles. The number of fused-ring (bicyclic) bond motifs is 1. The van der Waals surface area contributed by atoms with E-state index < -0.39 is 33.5 Å². The van der Waals surface area contributed by atoms with Crippen molar-refractivity contribution in [3.63, 3.8) is 0 Å². The first-order valence-corrected chi connectivity index (χ1v) is 14.5. The molecular formula is C26H31N3O5S2. The minimum absolute atomic E-state index is 0.00974. The number of nitrogens with zero attached hydrogens (tertiary/aromatic N) is 2. The molecule has 3 atom stereocenters. The second-order valence-corrected chi connectivity index (χ2v) is 13.4. The van der Waals surface area contributed by atoms with Gasteiger partial charge in [0.1, 0.15) is 11.6 Å². The predicted octanol–water partition coefficient (Wildman–Crippen LogP) is 3.73. The normalized spacial score (nSPS) is 22.8. The molecule has 0 unspecified atom stereocenters. The van der Waals surface area contributed by atoms with Crippen molar-refractivity contribution < 1.29 is 22.7 Å². The molecule has 0 aromatic heterocycles. The van der Waals surface area contributed by atoms with Crippen molar-refractivity contribution in [3.8, 4) is 0 Å². The molecule has 8 nitrogen and oxygen atoms in total. The molecular weight excluding hydrogens is 498 g/mol. The molecule has 36 heavy (non-hydrogen) atoms. The first-order chi connectivity index (χ1) is 16.9. The summed E-state index contributed by atoms with van der Waals surface area (Å²) in [6, 6.07) is 15.8. The summed E-state index contributed by atoms with van der Waals surface area (Å²) < 4.78 is 30.1. The number of benzene rings is 2. The highest BCUT2D eigenvalue weighted by Crippen LogP contribution is 2.41. The third kappa shape index (κ3) is 6.28. The molecule has 4 rings (SSSR count). The van der Waals surface area contributed by atoms with Crippen molar-refractivity contribution in [1.29, 1.82) is 0 Å². The van der Waals surface area contributed by atoms with E-state index in [1.807, 2.05) is 66.4 Å². The monoisotopic (exact) mass is 529 g/mol. The topological polar surface area (TPSA) is 105 Å². The Kier molecular flexibility index (Phi) is 7.47. The Morgan fingerprint density at radius 3 is 2.44 bits per heavy atom. The summed E-state index contributed by atoms with van der Waals surface area (Å²) in [5.74, 6) is -0.467. The molecule has 2 saturated heterocycles. The summed E-state index contributed by atoms with van der Waals surface area (Å²) in [5, 5.41) is 2.92. The van der Waals surface area contributed by atoms with E-state index in [4.69, 9.17) is 4.74 Å². The number of amidine groups is 1. The smallest absolute Gasteiger partial charge is 0.408 e. The second kappa shape index (κ2) is 10.3. The van der Waals surface area contributed by atoms with Gasteiger partial charge in [-0.25, -0.2) is 13.2 Å². The molecule has 2 aliphatic rings. The van der Waals surface area contributed by atoms with E-state index in [9.17, 15) is 18.0 Å². The molecule has 2 aromatic carbocycles. The van der Waals surface area contributed by atoms with Gasteiger partial charge in [0.2, 0.25) is 0 Å². The van der Waals surface area contributed by atoms with Crippen LogP contribution >= 0.6 is 11.8 Å². The van der Waals surface area contributed by atoms with Crippen LogP contribution in [0, 0.1) is 6.92 Å². The molecule has 0 aliphatic carbocycles. The highest BCUT2D eigenvalue weighted by Gasteiger charge is 2.49. The number of ether oxygens (including phenoxy) is 1. The van der Waals surface area contributed by atoms with Gasteiger partial charge in [-0.3, -0.25) is 4.79 Å². The van der Waals surface area contributed by atoms with Gasteiger partial charge in [0, 0.05) is 17.4 Å². The number of amides is 2. The van der Waals surface area contributed by atoms with Gasteiger partial charge in [-0.05, 0) is 44.9 Å². The van der Waals surface area contributed by atoms with Gasteiger partial charge >= 0.3 is 6.09 Å². The van der Waals surface area contributed by atoms with E-state index in [0.29, 0.717) is 5.17 Å². The fraction of sp³-hybridized carbons (Fsp3) is 0.423. The number of carbonyl (C=O) groups is 2. The van der Waals surface area contributed by atoms with E-state index in [-0.39, 0.29) is 29.2 Å². The van der Waals surface area contributed by atoms with Crippen LogP contribution < -0.4 is 10.2 Å². The average molecular weight is 530 g/mol. The minimum atomic E-state index is -3.18. The zero-order valence-electron chi connectivity index (χ0n) is 20.8. The lowest BCUT2D eigenvalue weighted by Crippen LogP contribution is -2.45. The third-order valence-corrected chi connectivity index (χ3v) is 9.13. The van der Waals surface area contributed by atoms with Crippen molar-refractivity contribution in [2.45, 2.75) is 57.1 Å². The number of thioether (sulfide) groups is 1. The summed E-state index contributed by atoms with van der Waals surface area (Å²) in [5.41, 5.74) is 1.92. The molecule has 0 radical (unpaired) electrons. The molecule has 2 heterocycles. The molecule has 2 amide bonds. The Bertz CT molecular complexity index is 1270. The van der Waals surface area contributed by atoms with Crippen LogP contribution in [0.15, 0.2) is 59.6 Å². The number of carbonyl (C=O) groups excluding carboxylic acids is 2. The third-order valence-electron chi connectivity index (χ3n) is 5.92. The van der Waals surface area contributed by atoms with Gasteiger partial charge in [0.15, 0.2) is 15.0 Å². The molecule has 192 valence electrons. The van der Waals surface area contributed by atoms with E-state index >= 15 is 0 Å². The molecule has 0 bridgehead atoms. The Hall–Kier alpha value is -2.85. The number of aliphatic imine (C=N–C) groups is 1. The van der Waals surface area contributed by atoms with Crippen LogP contribution in [0.5, 0.6) is 0 Å². The molecule has 2 aliphatic heterocycles. The lowest BCUT2D eigenvalue weighted by molar-refractivity contribution is -0.119. The van der Waals surface area contributed by atoms with Gasteiger partial charge < -0.3 is 15.0 Å². The van der Waals surface area contributed by atoms with Crippen molar-refractivity contribution in [2.24, 2.45) is 4.99 Å². The number of aryl methyl sites for hydroxylation is 1. The fourth-order valence-electron chi connectivity index (χ4n) is 4.35. The summed E-state index contributed by atoms with van der Waals surface area (Å²) in [4.78, 5) is 32.4. The average Bonchev–Trinajstić information content (AvgIpc) is 3.24. The van der Waals surface area contributed by atoms with Gasteiger partial charge in [0.05, 0.1) is 17.5 Å². The van der Waals surface area contributed by atoms with Crippen LogP contribution in [0.3, 0.4) is 0 Å². The molecule has 2 fully saturated rings. The van der Waals surface area contributed by atoms with E-state index in [2.05, 4.69) is 10.3 Å². The number of sulfone groups is 1. The Morgan fingerprint density at radius 1 is 1.11 bits per heavy atom. The maximum Gasteiger partial charge on any atom is 0.408 e. The quantitative estimate of drug-likeness (QED) is 0.629. The number of alkyl carbamates (subject to hydrolysis) is 1. The zero-order chi connectivity index (χ0) is 26.1. The summed E-state index contributed by atoms with van der Waals surface area (Å²) in [6.07, 6.45) is -0.457. The van der Waals surface area contributed by atoms with Crippen molar-refractivity contribution in [1.82, 2.24) is 5.32 Å². The summed E-state index contributed by atoms with van der Waals surface area (Å²) in [6.45, 7) is 7.20. The Morgan fingerprint density at radius 2 is 1.78 bits per heavy atom. The van der Waals surface area contributed by atoms with Crippen LogP contribution in [0.2, 0.25) is 0 Å². The largest absolute Gasteiger partial charge is 0.444 e. The van der Waals surface area contributed by atoms with Gasteiger partial charge in [-0.15, -0.1) is 0 Å². The van der Waals surface area contributed by atoms with Crippen LogP contribution in [-0.2, 0) is 25.8 Å². The summed E-state index contributed by atoms with van der Waals surface area (Å²) >= 11 is 1.31. The van der Waals surface area contributed by atoms with E-state index in [1.165, 1.54) is 11.8 Å². The second-order valence-electron chi connectivity index (χ2n) is 10.1. The molecule has 0 spiro atoms. The highest BCUT2D eigenvalue weighted by molar-refractivity contribution is 8.16. The van der Waals surface area contributed by atoms with E-state index in [0.717, 1.165) is 16.8 Å². The Balaban J connectivity index is 1.66. The first-order valence-electron chi connectivity index (χ1n) is 11.8. The lowest BCUT2D eigenvalue weighted by atomic mass is 10.1. The maximum atomic E-state index is 13.5. The van der Waals surface area contributed by atoms with Gasteiger partial charge in [0.25, 0.3) is 5.91 Å². The number of rotatable bonds is 5. The minimum Gasteiger partial charge on any atom is -0.444 e. The van der Waals surface area contributed by atoms with Gasteiger partial charge in [-0.2, -0.15) is 4.99 Å². The lowest BCUT2D eigenvalue weighted by Gasteiger charge is -2.26. The zero-order valence-corrected chi connectivity index (χ0v) is 22.4. The van der Waals surface area contributed by atoms with Crippen LogP contribution in [0.1, 0.15) is 31.9 Å². The predicted molar refractivity (Wildman–Crippen MR) is 143 cm³/mol. The van der Waals surface area contributed by atoms with Crippen LogP contribution in [0.4, 0.5) is 10.5 Å². The highest BCUT2D eigenvalue weighted by atomic mass is 32.2. The number of nitrogens with one attached hydrogen (secondary N) is 1. The Labute approximate surface area is 216 Å². The molecule has 10 heteroatoms. The van der Waals surface area contributed by atoms with Crippen molar-refractivity contribution >= 4 is 44.5 Å². The maximum absolute atomic E-state index is 13.5. The molecule has 2 aromatic rings. The number of anilines is 1. The first kappa shape index (κ1) is 26.2. The number of hydrogen-bond acceptors (Lipinski definition) is 6. The van der Waals surface area contributed by atoms with E-state index in [1.54, 1.807) is 20.8 Å². The van der Waals surface area contributed by atoms with Crippen LogP contribution in [-0.4, -0.2) is 60.0 Å². The van der Waals surface area contributed by atoms with Crippen molar-refractivity contribution in [2.75, 3.05) is 16.4 Å². The van der Waals surface area contributed by atoms with Crippen molar-refractivity contribution in [3.05, 3.63) is 65.7 Å². The summed E-state index contributed by atoms with van der Waals surface area (Å²) in [7, 11) is -3.18. The number of para-hydroxylation sites is 1. The number of hydrogen-bond donors (Lipinski definition) is 1. The molecule has 1 N–H and O–H groups in total. The van der Waals surface area contributed by atoms with Crippen LogP contribution in [0.25, 0.3) is 0 Å². The van der Waals surface area contributed by atoms with Gasteiger partial charge in [-0.1, -0.05) is 60.3 Å². The SMILES string of the molecule is Cc1ccccc1N1C(=NC(=O)[C@@H](Cc2ccccc2)NC(=O)OC(C)(C)C)S[C@H]2CS(=O)(=O)C[C@@H]21. The standard InChI is InChI=1S/C26H31N3O5S2/c1-17-10-8-9-13-20(17)29-21-15-36(32,33)16-22(21)35-24(29)28-23(30)19(14-18-11-6-5-7-12-18)27-25(31)34-26(2,3)4/h5-13,19,21-22H,14-16H2,1-4H3,(H,27,31)/t19-,21+,22+/m1/s1.